The van der Waals surface area contributed by atoms with Crippen molar-refractivity contribution in [2.45, 2.75) is 37.4 Å². The number of benzene rings is 1. The van der Waals surface area contributed by atoms with Crippen molar-refractivity contribution in [3.05, 3.63) is 28.8 Å². The van der Waals surface area contributed by atoms with Gasteiger partial charge < -0.3 is 15.5 Å². The summed E-state index contributed by atoms with van der Waals surface area (Å²) in [5.74, 6) is 0.479. The molecule has 0 amide bonds. The molecule has 1 rings (SSSR count). The van der Waals surface area contributed by atoms with Crippen LogP contribution in [0.2, 0.25) is 5.02 Å². The van der Waals surface area contributed by atoms with E-state index in [1.165, 1.54) is 11.8 Å². The Morgan fingerprint density at radius 2 is 2.11 bits per heavy atom. The van der Waals surface area contributed by atoms with Gasteiger partial charge in [0.1, 0.15) is 0 Å². The summed E-state index contributed by atoms with van der Waals surface area (Å²) in [6.45, 7) is 4.72. The smallest absolute Gasteiger partial charge is 0.0864 e. The van der Waals surface area contributed by atoms with Crippen molar-refractivity contribution in [2.24, 2.45) is 0 Å². The number of aliphatic hydroxyl groups excluding tert-OH is 2. The van der Waals surface area contributed by atoms with Crippen LogP contribution in [0.25, 0.3) is 0 Å². The first-order valence-corrected chi connectivity index (χ1v) is 7.32. The van der Waals surface area contributed by atoms with Gasteiger partial charge in [0, 0.05) is 28.3 Å². The Kier molecular flexibility index (Phi) is 7.04. The molecule has 1 aromatic carbocycles. The Balaban J connectivity index is 2.69. The first-order valence-electron chi connectivity index (χ1n) is 5.96. The van der Waals surface area contributed by atoms with Crippen molar-refractivity contribution in [3.8, 4) is 0 Å². The lowest BCUT2D eigenvalue weighted by Gasteiger charge is -2.14. The Bertz CT molecular complexity index is 374. The number of thioether (sulfide) groups is 1. The Labute approximate surface area is 118 Å². The first kappa shape index (κ1) is 15.8. The molecular weight excluding hydrogens is 270 g/mol. The maximum absolute atomic E-state index is 9.37. The molecule has 18 heavy (non-hydrogen) atoms. The Morgan fingerprint density at radius 3 is 2.72 bits per heavy atom. The van der Waals surface area contributed by atoms with Crippen LogP contribution in [0.4, 0.5) is 0 Å². The standard InChI is InChI=1S/C13H20ClNO2S/c1-9(2)15-6-10-5-11(14)3-4-13(10)18-8-12(17)7-16/h3-5,9,12,15-17H,6-8H2,1-2H3. The second-order valence-electron chi connectivity index (χ2n) is 4.44. The highest BCUT2D eigenvalue weighted by Gasteiger charge is 2.08. The third-order valence-electron chi connectivity index (χ3n) is 2.37. The number of hydrogen-bond acceptors (Lipinski definition) is 4. The van der Waals surface area contributed by atoms with E-state index in [9.17, 15) is 5.11 Å². The minimum Gasteiger partial charge on any atom is -0.394 e. The number of nitrogens with one attached hydrogen (secondary N) is 1. The zero-order valence-corrected chi connectivity index (χ0v) is 12.3. The highest BCUT2D eigenvalue weighted by molar-refractivity contribution is 7.99. The molecule has 5 heteroatoms. The van der Waals surface area contributed by atoms with E-state index in [1.807, 2.05) is 18.2 Å². The minimum atomic E-state index is -0.684. The molecular formula is C13H20ClNO2S. The van der Waals surface area contributed by atoms with Crippen molar-refractivity contribution in [2.75, 3.05) is 12.4 Å². The van der Waals surface area contributed by atoms with Crippen LogP contribution in [0.1, 0.15) is 19.4 Å². The van der Waals surface area contributed by atoms with E-state index in [0.29, 0.717) is 16.8 Å². The van der Waals surface area contributed by atoms with Gasteiger partial charge in [-0.1, -0.05) is 25.4 Å². The molecule has 1 aromatic rings. The lowest BCUT2D eigenvalue weighted by atomic mass is 10.2. The van der Waals surface area contributed by atoms with Gasteiger partial charge in [-0.05, 0) is 23.8 Å². The van der Waals surface area contributed by atoms with Gasteiger partial charge in [-0.25, -0.2) is 0 Å². The highest BCUT2D eigenvalue weighted by atomic mass is 35.5. The quantitative estimate of drug-likeness (QED) is 0.674. The lowest BCUT2D eigenvalue weighted by Crippen LogP contribution is -2.22. The van der Waals surface area contributed by atoms with Gasteiger partial charge in [-0.3, -0.25) is 0 Å². The first-order chi connectivity index (χ1) is 8.52. The molecule has 0 radical (unpaired) electrons. The van der Waals surface area contributed by atoms with Crippen LogP contribution in [0, 0.1) is 0 Å². The summed E-state index contributed by atoms with van der Waals surface area (Å²) in [7, 11) is 0. The predicted molar refractivity (Wildman–Crippen MR) is 77.2 cm³/mol. The summed E-state index contributed by atoms with van der Waals surface area (Å²) in [4.78, 5) is 1.08. The van der Waals surface area contributed by atoms with E-state index in [2.05, 4.69) is 19.2 Å². The normalized spacial score (nSPS) is 13.0. The molecule has 0 fully saturated rings. The van der Waals surface area contributed by atoms with Crippen LogP contribution in [0.15, 0.2) is 23.1 Å². The zero-order chi connectivity index (χ0) is 13.5. The summed E-state index contributed by atoms with van der Waals surface area (Å²) >= 11 is 7.53. The number of aliphatic hydroxyl groups is 2. The van der Waals surface area contributed by atoms with Crippen LogP contribution in [0.5, 0.6) is 0 Å². The molecule has 3 N–H and O–H groups in total. The van der Waals surface area contributed by atoms with Crippen molar-refractivity contribution in [3.63, 3.8) is 0 Å². The topological polar surface area (TPSA) is 52.5 Å². The van der Waals surface area contributed by atoms with Gasteiger partial charge in [0.2, 0.25) is 0 Å². The molecule has 102 valence electrons. The van der Waals surface area contributed by atoms with Crippen LogP contribution >= 0.6 is 23.4 Å². The van der Waals surface area contributed by atoms with Gasteiger partial charge in [0.05, 0.1) is 12.7 Å². The Hall–Kier alpha value is -0.260. The monoisotopic (exact) mass is 289 g/mol. The van der Waals surface area contributed by atoms with E-state index in [1.54, 1.807) is 0 Å². The molecule has 0 saturated heterocycles. The van der Waals surface area contributed by atoms with Gasteiger partial charge in [0.25, 0.3) is 0 Å². The molecule has 0 aliphatic carbocycles. The molecule has 0 aliphatic heterocycles. The third-order valence-corrected chi connectivity index (χ3v) is 3.86. The fraction of sp³-hybridized carbons (Fsp3) is 0.538. The van der Waals surface area contributed by atoms with E-state index in [4.69, 9.17) is 16.7 Å². The molecule has 1 unspecified atom stereocenters. The Morgan fingerprint density at radius 1 is 1.39 bits per heavy atom. The fourth-order valence-corrected chi connectivity index (χ4v) is 2.53. The fourth-order valence-electron chi connectivity index (χ4n) is 1.38. The minimum absolute atomic E-state index is 0.208. The van der Waals surface area contributed by atoms with Crippen LogP contribution in [-0.2, 0) is 6.54 Å². The summed E-state index contributed by atoms with van der Waals surface area (Å²) < 4.78 is 0. The van der Waals surface area contributed by atoms with Crippen LogP contribution in [-0.4, -0.2) is 34.7 Å². The van der Waals surface area contributed by atoms with Gasteiger partial charge in [-0.2, -0.15) is 0 Å². The summed E-state index contributed by atoms with van der Waals surface area (Å²) in [6.07, 6.45) is -0.684. The maximum atomic E-state index is 9.37. The van der Waals surface area contributed by atoms with Crippen LogP contribution in [0.3, 0.4) is 0 Å². The van der Waals surface area contributed by atoms with Gasteiger partial charge >= 0.3 is 0 Å². The molecule has 0 bridgehead atoms. The molecule has 0 saturated carbocycles. The number of halogens is 1. The largest absolute Gasteiger partial charge is 0.394 e. The SMILES string of the molecule is CC(C)NCc1cc(Cl)ccc1SCC(O)CO. The van der Waals surface area contributed by atoms with E-state index in [-0.39, 0.29) is 6.61 Å². The van der Waals surface area contributed by atoms with E-state index >= 15 is 0 Å². The lowest BCUT2D eigenvalue weighted by molar-refractivity contribution is 0.113. The summed E-state index contributed by atoms with van der Waals surface area (Å²) in [6, 6.07) is 6.14. The summed E-state index contributed by atoms with van der Waals surface area (Å²) in [5.41, 5.74) is 1.12. The van der Waals surface area contributed by atoms with Crippen molar-refractivity contribution < 1.29 is 10.2 Å². The van der Waals surface area contributed by atoms with Gasteiger partial charge in [0.15, 0.2) is 0 Å². The highest BCUT2D eigenvalue weighted by Crippen LogP contribution is 2.26. The average Bonchev–Trinajstić information content (AvgIpc) is 2.34. The third kappa shape index (κ3) is 5.59. The van der Waals surface area contributed by atoms with Crippen molar-refractivity contribution in [1.82, 2.24) is 5.32 Å². The van der Waals surface area contributed by atoms with E-state index in [0.717, 1.165) is 17.0 Å². The maximum Gasteiger partial charge on any atom is 0.0864 e. The second kappa shape index (κ2) is 8.02. The van der Waals surface area contributed by atoms with Crippen LogP contribution < -0.4 is 5.32 Å². The predicted octanol–water partition coefficient (Wildman–Crippen LogP) is 2.28. The molecule has 0 heterocycles. The number of hydrogen-bond donors (Lipinski definition) is 3. The summed E-state index contributed by atoms with van der Waals surface area (Å²) in [5, 5.41) is 22.2. The van der Waals surface area contributed by atoms with Crippen molar-refractivity contribution >= 4 is 23.4 Å². The molecule has 0 aromatic heterocycles. The molecule has 1 atom stereocenters. The molecule has 3 nitrogen and oxygen atoms in total. The molecule has 0 aliphatic rings. The van der Waals surface area contributed by atoms with Gasteiger partial charge in [-0.15, -0.1) is 11.8 Å². The number of rotatable bonds is 7. The molecule has 0 spiro atoms. The van der Waals surface area contributed by atoms with E-state index < -0.39 is 6.10 Å². The second-order valence-corrected chi connectivity index (χ2v) is 5.93. The average molecular weight is 290 g/mol. The zero-order valence-electron chi connectivity index (χ0n) is 10.7. The van der Waals surface area contributed by atoms with Crippen molar-refractivity contribution in [1.29, 1.82) is 0 Å².